The van der Waals surface area contributed by atoms with Crippen molar-refractivity contribution >= 4 is 74.6 Å². The molecule has 322 valence electrons. The van der Waals surface area contributed by atoms with E-state index in [9.17, 15) is 39.3 Å². The molecule has 5 N–H and O–H groups in total. The van der Waals surface area contributed by atoms with Gasteiger partial charge in [0, 0.05) is 95.7 Å². The van der Waals surface area contributed by atoms with Crippen LogP contribution in [-0.4, -0.2) is 66.3 Å². The SMILES string of the molecule is CC/N=c1\ccc2c(-c3c(Cl)cc(C(=O)NCC(=O)NCc4ccc(-c5c6ccc(=O)cc-6oc6cc(O)ccc56)c(C(=O)O)c4)c(Cl)c3C(=O)O)c3ccc(N(C)C)cc3oc-2c1. The molecule has 4 aromatic carbocycles. The molecule has 0 bridgehead atoms. The molecule has 0 spiro atoms. The average molecular weight is 900 g/mol. The Balaban J connectivity index is 1.06. The number of rotatable bonds is 11. The van der Waals surface area contributed by atoms with Crippen LogP contribution in [0.25, 0.3) is 66.8 Å². The monoisotopic (exact) mass is 898 g/mol. The van der Waals surface area contributed by atoms with E-state index >= 15 is 0 Å². The van der Waals surface area contributed by atoms with Crippen molar-refractivity contribution in [3.8, 4) is 50.7 Å². The van der Waals surface area contributed by atoms with Crippen molar-refractivity contribution < 1.29 is 43.3 Å². The van der Waals surface area contributed by atoms with Crippen LogP contribution in [0.5, 0.6) is 5.75 Å². The lowest BCUT2D eigenvalue weighted by Crippen LogP contribution is -2.36. The van der Waals surface area contributed by atoms with Gasteiger partial charge >= 0.3 is 11.9 Å². The zero-order chi connectivity index (χ0) is 45.6. The Kier molecular flexibility index (Phi) is 11.6. The Morgan fingerprint density at radius 2 is 1.38 bits per heavy atom. The highest BCUT2D eigenvalue weighted by Gasteiger charge is 2.30. The number of phenolic OH excluding ortho intramolecular Hbond substituents is 1. The molecule has 14 nitrogen and oxygen atoms in total. The lowest BCUT2D eigenvalue weighted by molar-refractivity contribution is -0.120. The number of benzene rings is 6. The molecule has 0 atom stereocenters. The van der Waals surface area contributed by atoms with Gasteiger partial charge in [-0.3, -0.25) is 19.4 Å². The third kappa shape index (κ3) is 8.07. The van der Waals surface area contributed by atoms with Gasteiger partial charge in [0.1, 0.15) is 28.4 Å². The van der Waals surface area contributed by atoms with E-state index in [1.807, 2.05) is 38.1 Å². The minimum absolute atomic E-state index is 0.0586. The van der Waals surface area contributed by atoms with Crippen LogP contribution in [0, 0.1) is 0 Å². The number of carboxylic acid groups (broad SMARTS) is 2. The first-order valence-electron chi connectivity index (χ1n) is 19.7. The number of nitrogens with zero attached hydrogens (tertiary/aromatic N) is 2. The van der Waals surface area contributed by atoms with Crippen molar-refractivity contribution in [2.75, 3.05) is 32.1 Å². The molecule has 4 aromatic rings. The Hall–Kier alpha value is -7.68. The first-order chi connectivity index (χ1) is 30.6. The summed E-state index contributed by atoms with van der Waals surface area (Å²) in [6.45, 7) is 1.73. The number of amides is 2. The van der Waals surface area contributed by atoms with E-state index < -0.39 is 40.9 Å². The van der Waals surface area contributed by atoms with Gasteiger partial charge in [-0.2, -0.15) is 0 Å². The van der Waals surface area contributed by atoms with Crippen molar-refractivity contribution in [2.24, 2.45) is 4.99 Å². The van der Waals surface area contributed by atoms with Gasteiger partial charge in [-0.05, 0) is 78.7 Å². The molecule has 16 heteroatoms. The first kappa shape index (κ1) is 43.0. The molecule has 0 unspecified atom stereocenters. The predicted octanol–water partition coefficient (Wildman–Crippen LogP) is 8.52. The molecular formula is C48H36Cl2N4O10. The Labute approximate surface area is 373 Å². The number of fused-ring (bicyclic) bond motifs is 4. The molecule has 2 heterocycles. The molecule has 2 aliphatic carbocycles. The van der Waals surface area contributed by atoms with E-state index in [1.165, 1.54) is 36.4 Å². The van der Waals surface area contributed by atoms with Gasteiger partial charge in [0.25, 0.3) is 5.91 Å². The summed E-state index contributed by atoms with van der Waals surface area (Å²) in [5.74, 6) is -3.73. The summed E-state index contributed by atoms with van der Waals surface area (Å²) in [6, 6.07) is 25.1. The fraction of sp³-hybridized carbons (Fsp3) is 0.125. The second-order valence-corrected chi connectivity index (χ2v) is 15.7. The van der Waals surface area contributed by atoms with Crippen LogP contribution in [0.15, 0.2) is 116 Å². The number of anilines is 1. The molecule has 0 radical (unpaired) electrons. The molecule has 0 saturated heterocycles. The van der Waals surface area contributed by atoms with Crippen LogP contribution in [-0.2, 0) is 11.3 Å². The molecule has 0 fully saturated rings. The van der Waals surface area contributed by atoms with Crippen LogP contribution in [0.1, 0.15) is 43.6 Å². The molecule has 2 aliphatic heterocycles. The lowest BCUT2D eigenvalue weighted by Gasteiger charge is -2.21. The summed E-state index contributed by atoms with van der Waals surface area (Å²) in [6.07, 6.45) is 0. The largest absolute Gasteiger partial charge is 0.508 e. The predicted molar refractivity (Wildman–Crippen MR) is 243 cm³/mol. The maximum absolute atomic E-state index is 13.6. The minimum Gasteiger partial charge on any atom is -0.508 e. The van der Waals surface area contributed by atoms with E-state index in [4.69, 9.17) is 32.0 Å². The van der Waals surface area contributed by atoms with E-state index in [2.05, 4.69) is 15.6 Å². The summed E-state index contributed by atoms with van der Waals surface area (Å²) >= 11 is 13.7. The van der Waals surface area contributed by atoms with Crippen LogP contribution in [0.4, 0.5) is 5.69 Å². The zero-order valence-corrected chi connectivity index (χ0v) is 35.7. The molecule has 8 rings (SSSR count). The van der Waals surface area contributed by atoms with Gasteiger partial charge in [-0.25, -0.2) is 9.59 Å². The normalized spacial score (nSPS) is 11.7. The quantitative estimate of drug-likeness (QED) is 0.0777. The van der Waals surface area contributed by atoms with Crippen LogP contribution < -0.4 is 26.3 Å². The molecular weight excluding hydrogens is 863 g/mol. The van der Waals surface area contributed by atoms with Gasteiger partial charge in [-0.15, -0.1) is 0 Å². The van der Waals surface area contributed by atoms with Crippen LogP contribution in [0.3, 0.4) is 0 Å². The highest BCUT2D eigenvalue weighted by atomic mass is 35.5. The highest BCUT2D eigenvalue weighted by molar-refractivity contribution is 6.41. The Morgan fingerprint density at radius 3 is 2.09 bits per heavy atom. The third-order valence-corrected chi connectivity index (χ3v) is 11.3. The molecule has 0 saturated carbocycles. The number of hydrogen-bond acceptors (Lipinski definition) is 10. The standard InChI is InChI=1S/C48H36Cl2N4O10/c1-4-51-24-6-11-31-36(16-24)63-37-17-25(54(2)3)7-12-32(37)42(31)43-35(49)20-34(45(50)44(43)48(61)62)46(58)53-22-40(57)52-21-23-5-10-28(33(15-23)47(59)60)41-29-13-8-26(55)18-38(29)64-39-19-27(56)9-14-30(39)41/h5-20,55H,4,21-22H2,1-3H3,(H,52,57)(H,53,58)(H,59,60)(H,61,62)/b51-24+. The molecule has 64 heavy (non-hydrogen) atoms. The molecule has 4 aliphatic rings. The second-order valence-electron chi connectivity index (χ2n) is 14.9. The minimum atomic E-state index is -1.45. The fourth-order valence-electron chi connectivity index (χ4n) is 7.70. The maximum Gasteiger partial charge on any atom is 0.337 e. The molecule has 0 aromatic heterocycles. The number of halogens is 2. The van der Waals surface area contributed by atoms with E-state index in [1.54, 1.807) is 48.5 Å². The van der Waals surface area contributed by atoms with Gasteiger partial charge in [-0.1, -0.05) is 35.3 Å². The number of nitrogens with one attached hydrogen (secondary N) is 2. The number of aromatic hydroxyl groups is 1. The van der Waals surface area contributed by atoms with Gasteiger partial charge < -0.3 is 39.7 Å². The number of aromatic carboxylic acids is 2. The van der Waals surface area contributed by atoms with Crippen molar-refractivity contribution in [1.29, 1.82) is 0 Å². The van der Waals surface area contributed by atoms with Crippen LogP contribution in [0.2, 0.25) is 10.0 Å². The zero-order valence-electron chi connectivity index (χ0n) is 34.2. The summed E-state index contributed by atoms with van der Waals surface area (Å²) in [4.78, 5) is 70.9. The van der Waals surface area contributed by atoms with E-state index in [0.29, 0.717) is 67.4 Å². The molecule has 2 amide bonds. The van der Waals surface area contributed by atoms with Crippen molar-refractivity contribution in [3.63, 3.8) is 0 Å². The summed E-state index contributed by atoms with van der Waals surface area (Å²) in [5, 5.41) is 37.3. The smallest absolute Gasteiger partial charge is 0.337 e. The average Bonchev–Trinajstić information content (AvgIpc) is 3.26. The summed E-state index contributed by atoms with van der Waals surface area (Å²) in [7, 11) is 3.75. The lowest BCUT2D eigenvalue weighted by atomic mass is 9.89. The fourth-order valence-corrected chi connectivity index (χ4v) is 8.31. The van der Waals surface area contributed by atoms with Crippen LogP contribution >= 0.6 is 23.2 Å². The van der Waals surface area contributed by atoms with E-state index in [-0.39, 0.29) is 50.8 Å². The summed E-state index contributed by atoms with van der Waals surface area (Å²) < 4.78 is 12.2. The van der Waals surface area contributed by atoms with Gasteiger partial charge in [0.05, 0.1) is 38.6 Å². The Bertz CT molecular complexity index is 3320. The number of hydrogen-bond donors (Lipinski definition) is 5. The highest BCUT2D eigenvalue weighted by Crippen LogP contribution is 2.47. The summed E-state index contributed by atoms with van der Waals surface area (Å²) in [5.41, 5.74) is 2.97. The second kappa shape index (κ2) is 17.2. The number of carboxylic acids is 2. The maximum atomic E-state index is 13.6. The first-order valence-corrected chi connectivity index (χ1v) is 20.4. The number of phenols is 1. The topological polar surface area (TPSA) is 212 Å². The van der Waals surface area contributed by atoms with Gasteiger partial charge in [0.2, 0.25) is 5.91 Å². The van der Waals surface area contributed by atoms with Crippen molar-refractivity contribution in [1.82, 2.24) is 10.6 Å². The number of carbonyl (C=O) groups is 4. The Morgan fingerprint density at radius 1 is 0.703 bits per heavy atom. The van der Waals surface area contributed by atoms with Gasteiger partial charge in [0.15, 0.2) is 5.43 Å². The number of carbonyl (C=O) groups excluding carboxylic acids is 2. The van der Waals surface area contributed by atoms with Crippen molar-refractivity contribution in [3.05, 3.63) is 145 Å². The van der Waals surface area contributed by atoms with Crippen molar-refractivity contribution in [2.45, 2.75) is 13.5 Å². The van der Waals surface area contributed by atoms with E-state index in [0.717, 1.165) is 5.69 Å². The third-order valence-electron chi connectivity index (χ3n) is 10.6.